The average Bonchev–Trinajstić information content (AvgIpc) is 2.95. The minimum Gasteiger partial charge on any atom is -0.492 e. The minimum atomic E-state index is -1.11. The number of rotatable bonds is 6. The molecule has 2 heterocycles. The molecule has 2 aromatic carbocycles. The van der Waals surface area contributed by atoms with Gasteiger partial charge >= 0.3 is 0 Å². The van der Waals surface area contributed by atoms with Crippen LogP contribution in [0.2, 0.25) is 0 Å². The summed E-state index contributed by atoms with van der Waals surface area (Å²) in [5.41, 5.74) is 1.81. The largest absolute Gasteiger partial charge is 0.492 e. The second-order valence-corrected chi connectivity index (χ2v) is 7.58. The highest BCUT2D eigenvalue weighted by Crippen LogP contribution is 2.30. The molecule has 0 radical (unpaired) electrons. The van der Waals surface area contributed by atoms with E-state index in [4.69, 9.17) is 9.47 Å². The average molecular weight is 390 g/mol. The van der Waals surface area contributed by atoms with E-state index in [0.717, 1.165) is 48.0 Å². The Hall–Kier alpha value is -2.89. The van der Waals surface area contributed by atoms with Crippen LogP contribution in [0.5, 0.6) is 11.5 Å². The second kappa shape index (κ2) is 8.64. The number of benzene rings is 2. The number of aliphatic hydroxyl groups is 1. The third kappa shape index (κ3) is 4.94. The summed E-state index contributed by atoms with van der Waals surface area (Å²) in [5.74, 6) is 1.62. The lowest BCUT2D eigenvalue weighted by Crippen LogP contribution is -2.30. The van der Waals surface area contributed by atoms with E-state index in [1.165, 1.54) is 0 Å². The van der Waals surface area contributed by atoms with Crippen LogP contribution in [-0.2, 0) is 18.7 Å². The first-order valence-corrected chi connectivity index (χ1v) is 9.89. The molecular weight excluding hydrogens is 364 g/mol. The molecular formula is C24H26N2O3. The first kappa shape index (κ1) is 19.4. The fraction of sp³-hybridized carbons (Fsp3) is 0.292. The Kier molecular flexibility index (Phi) is 5.79. The van der Waals surface area contributed by atoms with Crippen LogP contribution >= 0.6 is 0 Å². The molecule has 0 spiro atoms. The smallest absolute Gasteiger partial charge is 0.123 e. The number of para-hydroxylation sites is 1. The summed E-state index contributed by atoms with van der Waals surface area (Å²) in [6, 6.07) is 21.4. The van der Waals surface area contributed by atoms with Crippen molar-refractivity contribution in [3.8, 4) is 11.5 Å². The van der Waals surface area contributed by atoms with Crippen LogP contribution in [0.15, 0.2) is 72.9 Å². The number of hydrogen-bond donors (Lipinski definition) is 1. The zero-order valence-electron chi connectivity index (χ0n) is 16.6. The number of nitrogens with zero attached hydrogens (tertiary/aromatic N) is 2. The fourth-order valence-corrected chi connectivity index (χ4v) is 3.46. The van der Waals surface area contributed by atoms with Crippen molar-refractivity contribution in [2.45, 2.75) is 25.6 Å². The van der Waals surface area contributed by atoms with Crippen LogP contribution in [0.4, 0.5) is 0 Å². The molecule has 29 heavy (non-hydrogen) atoms. The predicted molar refractivity (Wildman–Crippen MR) is 112 cm³/mol. The quantitative estimate of drug-likeness (QED) is 0.695. The highest BCUT2D eigenvalue weighted by molar-refractivity contribution is 5.40. The lowest BCUT2D eigenvalue weighted by Gasteiger charge is -2.25. The van der Waals surface area contributed by atoms with Crippen molar-refractivity contribution in [2.75, 3.05) is 19.8 Å². The summed E-state index contributed by atoms with van der Waals surface area (Å²) >= 11 is 0. The number of fused-ring (bicyclic) bond motifs is 1. The Morgan fingerprint density at radius 1 is 1.10 bits per heavy atom. The predicted octanol–water partition coefficient (Wildman–Crippen LogP) is 3.76. The van der Waals surface area contributed by atoms with Gasteiger partial charge in [0.15, 0.2) is 0 Å². The third-order valence-electron chi connectivity index (χ3n) is 5.12. The van der Waals surface area contributed by atoms with Gasteiger partial charge in [-0.2, -0.15) is 0 Å². The highest BCUT2D eigenvalue weighted by Gasteiger charge is 2.26. The minimum absolute atomic E-state index is 0.175. The van der Waals surface area contributed by atoms with Gasteiger partial charge in [-0.1, -0.05) is 30.3 Å². The van der Waals surface area contributed by atoms with E-state index < -0.39 is 5.60 Å². The van der Waals surface area contributed by atoms with Gasteiger partial charge in [-0.15, -0.1) is 0 Å². The summed E-state index contributed by atoms with van der Waals surface area (Å²) in [6.45, 7) is 4.92. The van der Waals surface area contributed by atoms with E-state index in [1.54, 1.807) is 6.92 Å². The number of pyridine rings is 1. The van der Waals surface area contributed by atoms with Crippen molar-refractivity contribution >= 4 is 0 Å². The molecule has 5 nitrogen and oxygen atoms in total. The van der Waals surface area contributed by atoms with Gasteiger partial charge in [-0.25, -0.2) is 0 Å². The van der Waals surface area contributed by atoms with Gasteiger partial charge < -0.3 is 14.6 Å². The molecule has 0 saturated heterocycles. The van der Waals surface area contributed by atoms with E-state index in [1.807, 2.05) is 72.9 Å². The molecule has 0 fully saturated rings. The highest BCUT2D eigenvalue weighted by atomic mass is 16.5. The molecule has 0 saturated carbocycles. The standard InChI is InChI=1S/C24H26N2O3/c1-24(27,18-29-22-8-3-2-4-9-22)20-10-11-23-19(15-20)16-26(13-14-28-23)17-21-7-5-6-12-25-21/h2-12,15,27H,13-14,16-18H2,1H3. The molecule has 0 bridgehead atoms. The summed E-state index contributed by atoms with van der Waals surface area (Å²) in [7, 11) is 0. The van der Waals surface area contributed by atoms with Crippen LogP contribution < -0.4 is 9.47 Å². The van der Waals surface area contributed by atoms with Gasteiger partial charge in [-0.3, -0.25) is 9.88 Å². The molecule has 1 aliphatic rings. The molecule has 1 atom stereocenters. The van der Waals surface area contributed by atoms with Gasteiger partial charge in [0.1, 0.15) is 30.3 Å². The number of ether oxygens (including phenoxy) is 2. The van der Waals surface area contributed by atoms with Gasteiger partial charge in [0, 0.05) is 31.4 Å². The molecule has 1 N–H and O–H groups in total. The van der Waals surface area contributed by atoms with Crippen LogP contribution in [-0.4, -0.2) is 34.7 Å². The Balaban J connectivity index is 1.49. The third-order valence-corrected chi connectivity index (χ3v) is 5.12. The molecule has 150 valence electrons. The van der Waals surface area contributed by atoms with Crippen molar-refractivity contribution < 1.29 is 14.6 Å². The van der Waals surface area contributed by atoms with E-state index in [-0.39, 0.29) is 6.61 Å². The zero-order chi connectivity index (χ0) is 20.1. The van der Waals surface area contributed by atoms with Gasteiger partial charge in [0.25, 0.3) is 0 Å². The van der Waals surface area contributed by atoms with Crippen LogP contribution in [0.1, 0.15) is 23.7 Å². The first-order chi connectivity index (χ1) is 14.1. The lowest BCUT2D eigenvalue weighted by atomic mass is 9.94. The molecule has 3 aromatic rings. The maximum atomic E-state index is 11.0. The Labute approximate surface area is 171 Å². The summed E-state index contributed by atoms with van der Waals surface area (Å²) in [6.07, 6.45) is 1.82. The van der Waals surface area contributed by atoms with Crippen LogP contribution in [0, 0.1) is 0 Å². The molecule has 1 aromatic heterocycles. The fourth-order valence-electron chi connectivity index (χ4n) is 3.46. The number of aromatic nitrogens is 1. The SMILES string of the molecule is CC(O)(COc1ccccc1)c1ccc2c(c1)CN(Cc1ccccn1)CCO2. The monoisotopic (exact) mass is 390 g/mol. The van der Waals surface area contributed by atoms with Gasteiger partial charge in [-0.05, 0) is 48.9 Å². The molecule has 0 aliphatic carbocycles. The van der Waals surface area contributed by atoms with Crippen molar-refractivity contribution in [1.29, 1.82) is 0 Å². The molecule has 4 rings (SSSR count). The summed E-state index contributed by atoms with van der Waals surface area (Å²) in [5, 5.41) is 11.0. The topological polar surface area (TPSA) is 54.8 Å². The normalized spacial score (nSPS) is 16.2. The van der Waals surface area contributed by atoms with Gasteiger partial charge in [0.2, 0.25) is 0 Å². The summed E-state index contributed by atoms with van der Waals surface area (Å²) < 4.78 is 11.7. The first-order valence-electron chi connectivity index (χ1n) is 9.89. The van der Waals surface area contributed by atoms with E-state index in [9.17, 15) is 5.11 Å². The Morgan fingerprint density at radius 2 is 1.93 bits per heavy atom. The van der Waals surface area contributed by atoms with Crippen LogP contribution in [0.25, 0.3) is 0 Å². The van der Waals surface area contributed by atoms with Crippen molar-refractivity contribution in [1.82, 2.24) is 9.88 Å². The van der Waals surface area contributed by atoms with Gasteiger partial charge in [0.05, 0.1) is 5.69 Å². The second-order valence-electron chi connectivity index (χ2n) is 7.58. The van der Waals surface area contributed by atoms with Crippen molar-refractivity contribution in [3.63, 3.8) is 0 Å². The molecule has 1 aliphatic heterocycles. The van der Waals surface area contributed by atoms with Crippen LogP contribution in [0.3, 0.4) is 0 Å². The molecule has 0 amide bonds. The zero-order valence-corrected chi connectivity index (χ0v) is 16.6. The lowest BCUT2D eigenvalue weighted by molar-refractivity contribution is 0.00748. The Bertz CT molecular complexity index is 929. The van der Waals surface area contributed by atoms with E-state index in [2.05, 4.69) is 9.88 Å². The van der Waals surface area contributed by atoms with E-state index >= 15 is 0 Å². The Morgan fingerprint density at radius 3 is 2.72 bits per heavy atom. The maximum Gasteiger partial charge on any atom is 0.123 e. The van der Waals surface area contributed by atoms with Crippen molar-refractivity contribution in [2.24, 2.45) is 0 Å². The number of hydrogen-bond acceptors (Lipinski definition) is 5. The molecule has 1 unspecified atom stereocenters. The molecule has 5 heteroatoms. The van der Waals surface area contributed by atoms with E-state index in [0.29, 0.717) is 6.61 Å². The summed E-state index contributed by atoms with van der Waals surface area (Å²) in [4.78, 5) is 6.74. The van der Waals surface area contributed by atoms with Crippen molar-refractivity contribution in [3.05, 3.63) is 89.7 Å². The maximum absolute atomic E-state index is 11.0.